The molecule has 1 aromatic carbocycles. The summed E-state index contributed by atoms with van der Waals surface area (Å²) < 4.78 is 1.12. The number of carbonyl (C=O) groups is 1. The number of aromatic nitrogens is 3. The molecule has 0 spiro atoms. The van der Waals surface area contributed by atoms with Gasteiger partial charge in [-0.2, -0.15) is 0 Å². The van der Waals surface area contributed by atoms with Crippen LogP contribution in [0.3, 0.4) is 0 Å². The van der Waals surface area contributed by atoms with Gasteiger partial charge < -0.3 is 5.32 Å². The van der Waals surface area contributed by atoms with Gasteiger partial charge in [-0.15, -0.1) is 5.10 Å². The third kappa shape index (κ3) is 2.65. The molecule has 0 saturated heterocycles. The largest absolute Gasteiger partial charge is 0.354 e. The van der Waals surface area contributed by atoms with Gasteiger partial charge in [0.25, 0.3) is 5.56 Å². The molecular weight excluding hydrogens is 292 g/mol. The van der Waals surface area contributed by atoms with Crippen LogP contribution in [0.1, 0.15) is 12.8 Å². The predicted octanol–water partition coefficient (Wildman–Crippen LogP) is 1.12. The second-order valence-corrected chi connectivity index (χ2v) is 6.41. The molecular formula is C17H18N4O2. The molecule has 118 valence electrons. The number of nitrogens with zero attached hydrogens (tertiary/aromatic N) is 3. The van der Waals surface area contributed by atoms with Crippen LogP contribution >= 0.6 is 0 Å². The normalized spacial score (nSPS) is 25.1. The molecule has 1 heterocycles. The van der Waals surface area contributed by atoms with Gasteiger partial charge in [-0.1, -0.05) is 29.5 Å². The van der Waals surface area contributed by atoms with Gasteiger partial charge in [-0.25, -0.2) is 4.68 Å². The van der Waals surface area contributed by atoms with Crippen LogP contribution in [0.25, 0.3) is 10.9 Å². The Morgan fingerprint density at radius 1 is 1.26 bits per heavy atom. The lowest BCUT2D eigenvalue weighted by molar-refractivity contribution is -0.122. The second-order valence-electron chi connectivity index (χ2n) is 6.41. The standard InChI is InChI=1S/C17H18N4O2/c22-16(18-9-13-8-11-5-6-12(13)7-11)10-21-17(23)14-3-1-2-4-15(14)19-20-21/h1-6,11-13H,7-10H2,(H,18,22)/t11-,12+,13-/m1/s1. The third-order valence-corrected chi connectivity index (χ3v) is 4.90. The zero-order valence-corrected chi connectivity index (χ0v) is 12.7. The smallest absolute Gasteiger partial charge is 0.278 e. The molecule has 2 aromatic rings. The molecule has 1 fully saturated rings. The van der Waals surface area contributed by atoms with Crippen LogP contribution in [0, 0.1) is 17.8 Å². The maximum atomic E-state index is 12.3. The first kappa shape index (κ1) is 14.1. The zero-order chi connectivity index (χ0) is 15.8. The highest BCUT2D eigenvalue weighted by atomic mass is 16.2. The van der Waals surface area contributed by atoms with Crippen molar-refractivity contribution >= 4 is 16.8 Å². The van der Waals surface area contributed by atoms with E-state index in [1.54, 1.807) is 24.3 Å². The lowest BCUT2D eigenvalue weighted by Crippen LogP contribution is -2.37. The number of carbonyl (C=O) groups excluding carboxylic acids is 1. The summed E-state index contributed by atoms with van der Waals surface area (Å²) in [5.41, 5.74) is 0.261. The highest BCUT2D eigenvalue weighted by molar-refractivity contribution is 5.78. The lowest BCUT2D eigenvalue weighted by Gasteiger charge is -2.18. The molecule has 23 heavy (non-hydrogen) atoms. The number of fused-ring (bicyclic) bond motifs is 3. The van der Waals surface area contributed by atoms with Gasteiger partial charge in [0.15, 0.2) is 0 Å². The van der Waals surface area contributed by atoms with Crippen molar-refractivity contribution in [1.82, 2.24) is 20.3 Å². The average Bonchev–Trinajstić information content (AvgIpc) is 3.19. The summed E-state index contributed by atoms with van der Waals surface area (Å²) in [4.78, 5) is 24.4. The summed E-state index contributed by atoms with van der Waals surface area (Å²) in [5, 5.41) is 11.2. The number of allylic oxidation sites excluding steroid dienone is 2. The Labute approximate surface area is 133 Å². The van der Waals surface area contributed by atoms with Crippen LogP contribution in [0.5, 0.6) is 0 Å². The van der Waals surface area contributed by atoms with Crippen molar-refractivity contribution < 1.29 is 4.79 Å². The first-order chi connectivity index (χ1) is 11.2. The monoisotopic (exact) mass is 310 g/mol. The van der Waals surface area contributed by atoms with E-state index in [1.165, 1.54) is 6.42 Å². The molecule has 1 amide bonds. The Bertz CT molecular complexity index is 842. The topological polar surface area (TPSA) is 76.9 Å². The minimum Gasteiger partial charge on any atom is -0.354 e. The Kier molecular flexibility index (Phi) is 3.44. The fraction of sp³-hybridized carbons (Fsp3) is 0.412. The van der Waals surface area contributed by atoms with Crippen LogP contribution in [0.15, 0.2) is 41.2 Å². The first-order valence-corrected chi connectivity index (χ1v) is 7.98. The first-order valence-electron chi connectivity index (χ1n) is 7.98. The van der Waals surface area contributed by atoms with E-state index < -0.39 is 0 Å². The molecule has 2 aliphatic rings. The number of hydrogen-bond acceptors (Lipinski definition) is 4. The summed E-state index contributed by atoms with van der Waals surface area (Å²) in [6, 6.07) is 7.01. The number of rotatable bonds is 4. The van der Waals surface area contributed by atoms with Gasteiger partial charge >= 0.3 is 0 Å². The maximum Gasteiger partial charge on any atom is 0.278 e. The summed E-state index contributed by atoms with van der Waals surface area (Å²) in [6.45, 7) is 0.577. The summed E-state index contributed by atoms with van der Waals surface area (Å²) in [6.07, 6.45) is 6.92. The summed E-state index contributed by atoms with van der Waals surface area (Å²) in [5.74, 6) is 1.62. The van der Waals surface area contributed by atoms with E-state index in [9.17, 15) is 9.59 Å². The second kappa shape index (κ2) is 5.61. The molecule has 1 N–H and O–H groups in total. The number of amides is 1. The van der Waals surface area contributed by atoms with Gasteiger partial charge in [-0.05, 0) is 42.7 Å². The summed E-state index contributed by atoms with van der Waals surface area (Å²) >= 11 is 0. The molecule has 0 aliphatic heterocycles. The van der Waals surface area contributed by atoms with Gasteiger partial charge in [-0.3, -0.25) is 9.59 Å². The van der Waals surface area contributed by atoms with Crippen LogP contribution in [0.4, 0.5) is 0 Å². The van der Waals surface area contributed by atoms with Crippen LogP contribution in [0.2, 0.25) is 0 Å². The van der Waals surface area contributed by atoms with Gasteiger partial charge in [0, 0.05) is 6.54 Å². The van der Waals surface area contributed by atoms with E-state index in [4.69, 9.17) is 0 Å². The lowest BCUT2D eigenvalue weighted by atomic mass is 9.94. The number of benzene rings is 1. The van der Waals surface area contributed by atoms with Crippen molar-refractivity contribution in [3.63, 3.8) is 0 Å². The highest BCUT2D eigenvalue weighted by Gasteiger charge is 2.35. The molecule has 0 radical (unpaired) electrons. The third-order valence-electron chi connectivity index (χ3n) is 4.90. The maximum absolute atomic E-state index is 12.3. The van der Waals surface area contributed by atoms with E-state index in [0.717, 1.165) is 11.1 Å². The Morgan fingerprint density at radius 3 is 2.91 bits per heavy atom. The fourth-order valence-electron chi connectivity index (χ4n) is 3.69. The zero-order valence-electron chi connectivity index (χ0n) is 12.7. The SMILES string of the molecule is O=C(Cn1nnc2ccccc2c1=O)NC[C@H]1C[C@@H]2C=C[C@H]1C2. The average molecular weight is 310 g/mol. The predicted molar refractivity (Wildman–Crippen MR) is 85.7 cm³/mol. The van der Waals surface area contributed by atoms with Crippen molar-refractivity contribution in [3.8, 4) is 0 Å². The van der Waals surface area contributed by atoms with Crippen LogP contribution < -0.4 is 10.9 Å². The van der Waals surface area contributed by atoms with Crippen molar-refractivity contribution in [2.45, 2.75) is 19.4 Å². The molecule has 1 saturated carbocycles. The Hall–Kier alpha value is -2.50. The van der Waals surface area contributed by atoms with Crippen molar-refractivity contribution in [2.24, 2.45) is 17.8 Å². The van der Waals surface area contributed by atoms with Gasteiger partial charge in [0.2, 0.25) is 5.91 Å². The highest BCUT2D eigenvalue weighted by Crippen LogP contribution is 2.42. The minimum absolute atomic E-state index is 0.0900. The van der Waals surface area contributed by atoms with Crippen LogP contribution in [-0.2, 0) is 11.3 Å². The minimum atomic E-state index is -0.284. The Morgan fingerprint density at radius 2 is 2.13 bits per heavy atom. The molecule has 2 aliphatic carbocycles. The number of hydrogen-bond donors (Lipinski definition) is 1. The van der Waals surface area contributed by atoms with E-state index in [2.05, 4.69) is 27.8 Å². The van der Waals surface area contributed by atoms with Crippen LogP contribution in [-0.4, -0.2) is 27.4 Å². The molecule has 0 unspecified atom stereocenters. The van der Waals surface area contributed by atoms with Gasteiger partial charge in [0.1, 0.15) is 12.1 Å². The molecule has 4 rings (SSSR count). The molecule has 1 aromatic heterocycles. The number of nitrogens with one attached hydrogen (secondary N) is 1. The van der Waals surface area contributed by atoms with E-state index in [1.807, 2.05) is 0 Å². The fourth-order valence-corrected chi connectivity index (χ4v) is 3.69. The quantitative estimate of drug-likeness (QED) is 0.859. The molecule has 2 bridgehead atoms. The van der Waals surface area contributed by atoms with Crippen molar-refractivity contribution in [3.05, 3.63) is 46.8 Å². The van der Waals surface area contributed by atoms with E-state index >= 15 is 0 Å². The molecule has 3 atom stereocenters. The van der Waals surface area contributed by atoms with E-state index in [0.29, 0.717) is 35.2 Å². The van der Waals surface area contributed by atoms with Crippen molar-refractivity contribution in [2.75, 3.05) is 6.54 Å². The Balaban J connectivity index is 1.42. The van der Waals surface area contributed by atoms with Gasteiger partial charge in [0.05, 0.1) is 5.39 Å². The summed E-state index contributed by atoms with van der Waals surface area (Å²) in [7, 11) is 0. The molecule has 6 nitrogen and oxygen atoms in total. The van der Waals surface area contributed by atoms with Crippen molar-refractivity contribution in [1.29, 1.82) is 0 Å². The van der Waals surface area contributed by atoms with E-state index in [-0.39, 0.29) is 18.0 Å². The molecule has 6 heteroatoms.